The molecule has 0 N–H and O–H groups in total. The monoisotopic (exact) mass is 266 g/mol. The van der Waals surface area contributed by atoms with Gasteiger partial charge in [-0.2, -0.15) is 0 Å². The topological polar surface area (TPSA) is 52.6 Å². The van der Waals surface area contributed by atoms with E-state index in [0.29, 0.717) is 12.8 Å². The van der Waals surface area contributed by atoms with Gasteiger partial charge in [0.1, 0.15) is 0 Å². The summed E-state index contributed by atoms with van der Waals surface area (Å²) >= 11 is 0. The molecule has 0 aromatic carbocycles. The molecule has 0 bridgehead atoms. The van der Waals surface area contributed by atoms with E-state index in [1.54, 1.807) is 26.8 Å². The molecular weight excluding hydrogens is 244 g/mol. The number of carbonyl (C=O) groups is 2. The molecular formula is C15H22O4. The van der Waals surface area contributed by atoms with Crippen LogP contribution in [0.4, 0.5) is 0 Å². The molecule has 0 saturated heterocycles. The SMILES string of the molecule is C=CCCC(CC#CC)(C(=O)OCC)C(=O)OCC. The minimum atomic E-state index is -1.34. The van der Waals surface area contributed by atoms with Gasteiger partial charge in [0.05, 0.1) is 13.2 Å². The summed E-state index contributed by atoms with van der Waals surface area (Å²) in [6, 6.07) is 0. The molecule has 0 aromatic rings. The van der Waals surface area contributed by atoms with Crippen LogP contribution in [-0.2, 0) is 19.1 Å². The molecule has 0 saturated carbocycles. The number of carbonyl (C=O) groups excluding carboxylic acids is 2. The van der Waals surface area contributed by atoms with E-state index in [2.05, 4.69) is 18.4 Å². The Kier molecular flexibility index (Phi) is 8.35. The molecule has 0 fully saturated rings. The Morgan fingerprint density at radius 3 is 2.11 bits per heavy atom. The maximum atomic E-state index is 12.2. The number of hydrogen-bond donors (Lipinski definition) is 0. The van der Waals surface area contributed by atoms with Crippen molar-refractivity contribution >= 4 is 11.9 Å². The number of esters is 2. The van der Waals surface area contributed by atoms with Gasteiger partial charge in [-0.15, -0.1) is 18.4 Å². The molecule has 0 spiro atoms. The van der Waals surface area contributed by atoms with E-state index in [1.165, 1.54) is 0 Å². The highest BCUT2D eigenvalue weighted by Crippen LogP contribution is 2.32. The predicted molar refractivity (Wildman–Crippen MR) is 73.2 cm³/mol. The molecule has 106 valence electrons. The second kappa shape index (κ2) is 9.21. The average Bonchev–Trinajstić information content (AvgIpc) is 2.40. The smallest absolute Gasteiger partial charge is 0.324 e. The second-order valence-corrected chi connectivity index (χ2v) is 3.95. The first-order chi connectivity index (χ1) is 9.08. The first-order valence-corrected chi connectivity index (χ1v) is 6.44. The van der Waals surface area contributed by atoms with E-state index in [1.807, 2.05) is 0 Å². The van der Waals surface area contributed by atoms with Crippen LogP contribution in [0.5, 0.6) is 0 Å². The highest BCUT2D eigenvalue weighted by Gasteiger charge is 2.47. The largest absolute Gasteiger partial charge is 0.465 e. The van der Waals surface area contributed by atoms with Crippen LogP contribution < -0.4 is 0 Å². The molecule has 0 atom stereocenters. The standard InChI is InChI=1S/C15H22O4/c1-5-9-11-15(12-10-6-2,13(16)18-7-3)14(17)19-8-4/h5H,1,7-9,11-12H2,2-4H3. The zero-order valence-corrected chi connectivity index (χ0v) is 12.0. The van der Waals surface area contributed by atoms with E-state index in [9.17, 15) is 9.59 Å². The van der Waals surface area contributed by atoms with Gasteiger partial charge < -0.3 is 9.47 Å². The van der Waals surface area contributed by atoms with Crippen molar-refractivity contribution in [3.8, 4) is 11.8 Å². The predicted octanol–water partition coefficient (Wildman–Crippen LogP) is 2.48. The van der Waals surface area contributed by atoms with E-state index in [-0.39, 0.29) is 19.6 Å². The Morgan fingerprint density at radius 2 is 1.74 bits per heavy atom. The van der Waals surface area contributed by atoms with Crippen molar-refractivity contribution < 1.29 is 19.1 Å². The Hall–Kier alpha value is -1.76. The van der Waals surface area contributed by atoms with Crippen molar-refractivity contribution in [1.29, 1.82) is 0 Å². The highest BCUT2D eigenvalue weighted by atomic mass is 16.6. The summed E-state index contributed by atoms with van der Waals surface area (Å²) in [7, 11) is 0. The van der Waals surface area contributed by atoms with Crippen LogP contribution in [0.3, 0.4) is 0 Å². The van der Waals surface area contributed by atoms with E-state index in [0.717, 1.165) is 0 Å². The summed E-state index contributed by atoms with van der Waals surface area (Å²) in [4.78, 5) is 24.3. The summed E-state index contributed by atoms with van der Waals surface area (Å²) in [5, 5.41) is 0. The Balaban J connectivity index is 5.38. The fraction of sp³-hybridized carbons (Fsp3) is 0.600. The maximum Gasteiger partial charge on any atom is 0.324 e. The van der Waals surface area contributed by atoms with Crippen LogP contribution >= 0.6 is 0 Å². The zero-order chi connectivity index (χ0) is 14.7. The fourth-order valence-electron chi connectivity index (χ4n) is 1.65. The van der Waals surface area contributed by atoms with Crippen LogP contribution in [0.1, 0.15) is 40.0 Å². The second-order valence-electron chi connectivity index (χ2n) is 3.95. The van der Waals surface area contributed by atoms with Gasteiger partial charge in [0.2, 0.25) is 0 Å². The molecule has 4 nitrogen and oxygen atoms in total. The molecule has 0 aliphatic rings. The van der Waals surface area contributed by atoms with Gasteiger partial charge >= 0.3 is 11.9 Å². The highest BCUT2D eigenvalue weighted by molar-refractivity contribution is 6.00. The van der Waals surface area contributed by atoms with Crippen molar-refractivity contribution in [2.75, 3.05) is 13.2 Å². The van der Waals surface area contributed by atoms with Crippen LogP contribution in [0, 0.1) is 17.3 Å². The van der Waals surface area contributed by atoms with Gasteiger partial charge in [0.25, 0.3) is 0 Å². The molecule has 0 heterocycles. The summed E-state index contributed by atoms with van der Waals surface area (Å²) in [6.45, 7) is 9.11. The fourth-order valence-corrected chi connectivity index (χ4v) is 1.65. The van der Waals surface area contributed by atoms with E-state index in [4.69, 9.17) is 9.47 Å². The lowest BCUT2D eigenvalue weighted by Gasteiger charge is -2.26. The van der Waals surface area contributed by atoms with Crippen molar-refractivity contribution in [3.05, 3.63) is 12.7 Å². The quantitative estimate of drug-likeness (QED) is 0.293. The molecule has 0 aromatic heterocycles. The number of allylic oxidation sites excluding steroid dienone is 1. The number of ether oxygens (including phenoxy) is 2. The average molecular weight is 266 g/mol. The third-order valence-corrected chi connectivity index (χ3v) is 2.67. The summed E-state index contributed by atoms with van der Waals surface area (Å²) in [5.74, 6) is 4.35. The van der Waals surface area contributed by atoms with Crippen molar-refractivity contribution in [1.82, 2.24) is 0 Å². The number of rotatable bonds is 8. The Bertz CT molecular complexity index is 355. The zero-order valence-electron chi connectivity index (χ0n) is 12.0. The molecule has 0 unspecified atom stereocenters. The molecule has 0 amide bonds. The molecule has 19 heavy (non-hydrogen) atoms. The summed E-state index contributed by atoms with van der Waals surface area (Å²) < 4.78 is 10.1. The minimum absolute atomic E-state index is 0.106. The van der Waals surface area contributed by atoms with Crippen molar-refractivity contribution in [2.24, 2.45) is 5.41 Å². The number of hydrogen-bond acceptors (Lipinski definition) is 4. The summed E-state index contributed by atoms with van der Waals surface area (Å²) in [5.41, 5.74) is -1.34. The molecule has 4 heteroatoms. The Morgan fingerprint density at radius 1 is 1.21 bits per heavy atom. The van der Waals surface area contributed by atoms with Gasteiger partial charge in [0, 0.05) is 6.42 Å². The van der Waals surface area contributed by atoms with Crippen molar-refractivity contribution in [3.63, 3.8) is 0 Å². The summed E-state index contributed by atoms with van der Waals surface area (Å²) in [6.07, 6.45) is 2.58. The van der Waals surface area contributed by atoms with Gasteiger partial charge in [-0.1, -0.05) is 6.08 Å². The van der Waals surface area contributed by atoms with E-state index >= 15 is 0 Å². The molecule has 0 radical (unpaired) electrons. The lowest BCUT2D eigenvalue weighted by atomic mass is 9.80. The molecule has 0 rings (SSSR count). The molecule has 0 aliphatic carbocycles. The van der Waals surface area contributed by atoms with Crippen LogP contribution in [-0.4, -0.2) is 25.2 Å². The first kappa shape index (κ1) is 17.2. The van der Waals surface area contributed by atoms with Crippen LogP contribution in [0.15, 0.2) is 12.7 Å². The lowest BCUT2D eigenvalue weighted by molar-refractivity contribution is -0.172. The van der Waals surface area contributed by atoms with Crippen LogP contribution in [0.2, 0.25) is 0 Å². The maximum absolute atomic E-state index is 12.2. The van der Waals surface area contributed by atoms with Gasteiger partial charge in [0.15, 0.2) is 5.41 Å². The lowest BCUT2D eigenvalue weighted by Crippen LogP contribution is -2.42. The molecule has 0 aliphatic heterocycles. The van der Waals surface area contributed by atoms with E-state index < -0.39 is 17.4 Å². The Labute approximate surface area is 115 Å². The van der Waals surface area contributed by atoms with Gasteiger partial charge in [-0.3, -0.25) is 9.59 Å². The third kappa shape index (κ3) is 4.78. The first-order valence-electron chi connectivity index (χ1n) is 6.44. The van der Waals surface area contributed by atoms with Gasteiger partial charge in [-0.25, -0.2) is 0 Å². The van der Waals surface area contributed by atoms with Crippen LogP contribution in [0.25, 0.3) is 0 Å². The van der Waals surface area contributed by atoms with Crippen molar-refractivity contribution in [2.45, 2.75) is 40.0 Å². The third-order valence-electron chi connectivity index (χ3n) is 2.67. The normalized spacial score (nSPS) is 10.1. The minimum Gasteiger partial charge on any atom is -0.465 e. The van der Waals surface area contributed by atoms with Gasteiger partial charge in [-0.05, 0) is 33.6 Å².